The fourth-order valence-electron chi connectivity index (χ4n) is 3.61. The Bertz CT molecular complexity index is 351. The van der Waals surface area contributed by atoms with E-state index in [2.05, 4.69) is 118 Å². The van der Waals surface area contributed by atoms with Gasteiger partial charge in [-0.3, -0.25) is 0 Å². The van der Waals surface area contributed by atoms with Crippen LogP contribution in [0.25, 0.3) is 0 Å². The molecule has 0 bridgehead atoms. The Balaban J connectivity index is -0.000000117. The van der Waals surface area contributed by atoms with Gasteiger partial charge in [-0.25, -0.2) is 0 Å². The van der Waals surface area contributed by atoms with E-state index in [0.29, 0.717) is 5.41 Å². The molecule has 0 spiro atoms. The summed E-state index contributed by atoms with van der Waals surface area (Å²) in [6.07, 6.45) is 12.3. The molecule has 0 rings (SSSR count). The Morgan fingerprint density at radius 3 is 1.14 bits per heavy atom. The predicted molar refractivity (Wildman–Crippen MR) is 178 cm³/mol. The van der Waals surface area contributed by atoms with Gasteiger partial charge in [0.05, 0.1) is 0 Å². The third-order valence-electron chi connectivity index (χ3n) is 5.46. The van der Waals surface area contributed by atoms with Crippen molar-refractivity contribution in [1.29, 1.82) is 0 Å². The summed E-state index contributed by atoms with van der Waals surface area (Å²) in [5.74, 6) is 5.16. The van der Waals surface area contributed by atoms with Gasteiger partial charge in [0.1, 0.15) is 0 Å². The highest BCUT2D eigenvalue weighted by Crippen LogP contribution is 2.23. The van der Waals surface area contributed by atoms with Crippen molar-refractivity contribution in [1.82, 2.24) is 0 Å². The van der Waals surface area contributed by atoms with Crippen molar-refractivity contribution >= 4 is 0 Å². The molecule has 232 valence electrons. The second-order valence-electron chi connectivity index (χ2n) is 14.6. The zero-order chi connectivity index (χ0) is 30.4. The Kier molecular flexibility index (Phi) is 43.0. The van der Waals surface area contributed by atoms with Gasteiger partial charge in [-0.05, 0) is 67.1 Å². The van der Waals surface area contributed by atoms with Crippen molar-refractivity contribution in [2.75, 3.05) is 13.2 Å². The van der Waals surface area contributed by atoms with Crippen LogP contribution in [0.4, 0.5) is 0 Å². The van der Waals surface area contributed by atoms with Gasteiger partial charge in [-0.15, -0.1) is 0 Å². The van der Waals surface area contributed by atoms with Crippen LogP contribution in [0.2, 0.25) is 0 Å². The number of unbranched alkanes of at least 4 members (excludes halogenated alkanes) is 3. The Hall–Kier alpha value is -0.0400. The van der Waals surface area contributed by atoms with Gasteiger partial charge in [0, 0.05) is 13.2 Å². The molecule has 0 saturated carbocycles. The van der Waals surface area contributed by atoms with Gasteiger partial charge < -0.3 is 4.74 Å². The smallest absolute Gasteiger partial charge is 0.0468 e. The molecule has 0 aromatic heterocycles. The SMILES string of the molecule is CC(C)CC(C)(C)C.CC(C)CC(C)C.CCC(C)C.CCCCCCC(C)C.CCOCCC(C)C. The van der Waals surface area contributed by atoms with Crippen LogP contribution in [0.5, 0.6) is 0 Å². The van der Waals surface area contributed by atoms with Crippen LogP contribution >= 0.6 is 0 Å². The standard InChI is InChI=1S/C9H20.C8H18.C7H16O.C7H16.C5H12/c1-4-5-6-7-8-9(2)3;1-7(2)6-8(3,4)5;1-4-8-6-5-7(2)3;1-6(2)5-7(3)4;1-4-5(2)3/h9H,4-8H2,1-3H3;7H,6H2,1-5H3;7H,4-6H2,1-3H3;6-7H,5H2,1-4H3;5H,4H2,1-3H3. The third kappa shape index (κ3) is 86.0. The average Bonchev–Trinajstić information content (AvgIpc) is 2.70. The fraction of sp³-hybridized carbons (Fsp3) is 1.00. The van der Waals surface area contributed by atoms with Gasteiger partial charge >= 0.3 is 0 Å². The fourth-order valence-corrected chi connectivity index (χ4v) is 3.61. The lowest BCUT2D eigenvalue weighted by molar-refractivity contribution is 0.136. The zero-order valence-corrected chi connectivity index (χ0v) is 30.2. The van der Waals surface area contributed by atoms with E-state index >= 15 is 0 Å². The maximum atomic E-state index is 5.14. The van der Waals surface area contributed by atoms with Gasteiger partial charge in [-0.2, -0.15) is 0 Å². The zero-order valence-electron chi connectivity index (χ0n) is 30.2. The molecule has 0 heterocycles. The molecule has 0 aliphatic carbocycles. The van der Waals surface area contributed by atoms with Gasteiger partial charge in [0.2, 0.25) is 0 Å². The largest absolute Gasteiger partial charge is 0.382 e. The van der Waals surface area contributed by atoms with Crippen molar-refractivity contribution in [3.05, 3.63) is 0 Å². The summed E-state index contributed by atoms with van der Waals surface area (Å²) in [6, 6.07) is 0. The van der Waals surface area contributed by atoms with E-state index in [0.717, 1.165) is 48.7 Å². The minimum absolute atomic E-state index is 0.522. The van der Waals surface area contributed by atoms with E-state index in [1.54, 1.807) is 0 Å². The van der Waals surface area contributed by atoms with Crippen molar-refractivity contribution < 1.29 is 4.74 Å². The van der Waals surface area contributed by atoms with Crippen molar-refractivity contribution in [2.24, 2.45) is 40.9 Å². The van der Waals surface area contributed by atoms with Crippen LogP contribution in [0.3, 0.4) is 0 Å². The van der Waals surface area contributed by atoms with E-state index in [4.69, 9.17) is 4.74 Å². The number of hydrogen-bond donors (Lipinski definition) is 0. The highest BCUT2D eigenvalue weighted by atomic mass is 16.5. The first-order chi connectivity index (χ1) is 16.9. The second kappa shape index (κ2) is 34.0. The molecular formula is C36H82O. The van der Waals surface area contributed by atoms with Crippen LogP contribution < -0.4 is 0 Å². The monoisotopic (exact) mass is 531 g/mol. The van der Waals surface area contributed by atoms with Gasteiger partial charge in [0.25, 0.3) is 0 Å². The summed E-state index contributed by atoms with van der Waals surface area (Å²) in [5, 5.41) is 0. The molecule has 0 saturated heterocycles. The Morgan fingerprint density at radius 2 is 0.946 bits per heavy atom. The third-order valence-corrected chi connectivity index (χ3v) is 5.46. The molecule has 0 N–H and O–H groups in total. The molecule has 0 aromatic rings. The summed E-state index contributed by atoms with van der Waals surface area (Å²) < 4.78 is 5.14. The minimum Gasteiger partial charge on any atom is -0.382 e. The van der Waals surface area contributed by atoms with Crippen LogP contribution in [0.1, 0.15) is 182 Å². The Labute approximate surface area is 241 Å². The van der Waals surface area contributed by atoms with Crippen LogP contribution in [-0.2, 0) is 4.74 Å². The lowest BCUT2D eigenvalue weighted by Gasteiger charge is -2.19. The number of rotatable bonds is 13. The summed E-state index contributed by atoms with van der Waals surface area (Å²) in [4.78, 5) is 0. The quantitative estimate of drug-likeness (QED) is 0.215. The highest BCUT2D eigenvalue weighted by Gasteiger charge is 2.11. The van der Waals surface area contributed by atoms with E-state index in [-0.39, 0.29) is 0 Å². The maximum Gasteiger partial charge on any atom is 0.0468 e. The predicted octanol–water partition coefficient (Wildman–Crippen LogP) is 13.5. The highest BCUT2D eigenvalue weighted by molar-refractivity contribution is 4.62. The molecule has 0 aromatic carbocycles. The first-order valence-electron chi connectivity index (χ1n) is 16.4. The van der Waals surface area contributed by atoms with E-state index in [1.807, 2.05) is 6.92 Å². The maximum absolute atomic E-state index is 5.14. The van der Waals surface area contributed by atoms with Crippen LogP contribution in [0, 0.1) is 40.9 Å². The number of ether oxygens (including phenoxy) is 1. The van der Waals surface area contributed by atoms with Gasteiger partial charge in [0.15, 0.2) is 0 Å². The molecule has 1 heteroatoms. The summed E-state index contributed by atoms with van der Waals surface area (Å²) in [7, 11) is 0. The molecular weight excluding hydrogens is 448 g/mol. The van der Waals surface area contributed by atoms with Crippen molar-refractivity contribution in [3.8, 4) is 0 Å². The van der Waals surface area contributed by atoms with Crippen LogP contribution in [-0.4, -0.2) is 13.2 Å². The topological polar surface area (TPSA) is 9.23 Å². The second-order valence-corrected chi connectivity index (χ2v) is 14.6. The lowest BCUT2D eigenvalue weighted by atomic mass is 9.86. The molecule has 0 atom stereocenters. The number of hydrogen-bond acceptors (Lipinski definition) is 1. The molecule has 0 amide bonds. The van der Waals surface area contributed by atoms with E-state index < -0.39 is 0 Å². The van der Waals surface area contributed by atoms with Crippen molar-refractivity contribution in [3.63, 3.8) is 0 Å². The van der Waals surface area contributed by atoms with Crippen molar-refractivity contribution in [2.45, 2.75) is 182 Å². The summed E-state index contributed by atoms with van der Waals surface area (Å²) in [6.45, 7) is 42.2. The lowest BCUT2D eigenvalue weighted by Crippen LogP contribution is -2.08. The van der Waals surface area contributed by atoms with E-state index in [1.165, 1.54) is 57.8 Å². The van der Waals surface area contributed by atoms with Crippen LogP contribution in [0.15, 0.2) is 0 Å². The summed E-state index contributed by atoms with van der Waals surface area (Å²) in [5.41, 5.74) is 0.522. The minimum atomic E-state index is 0.522. The van der Waals surface area contributed by atoms with Gasteiger partial charge in [-0.1, -0.05) is 156 Å². The molecule has 0 radical (unpaired) electrons. The molecule has 0 unspecified atom stereocenters. The average molecular weight is 531 g/mol. The van der Waals surface area contributed by atoms with E-state index in [9.17, 15) is 0 Å². The molecule has 1 nitrogen and oxygen atoms in total. The first-order valence-corrected chi connectivity index (χ1v) is 16.4. The molecule has 0 aliphatic heterocycles. The normalized spacial score (nSPS) is 11.0. The molecule has 37 heavy (non-hydrogen) atoms. The first kappa shape index (κ1) is 46.8. The molecule has 0 aliphatic rings. The summed E-state index contributed by atoms with van der Waals surface area (Å²) >= 11 is 0. The molecule has 0 fully saturated rings. The Morgan fingerprint density at radius 1 is 0.514 bits per heavy atom.